The number of amides is 1. The summed E-state index contributed by atoms with van der Waals surface area (Å²) < 4.78 is 0. The highest BCUT2D eigenvalue weighted by Crippen LogP contribution is 2.15. The molecule has 0 saturated heterocycles. The second-order valence-corrected chi connectivity index (χ2v) is 5.92. The molecule has 0 heterocycles. The average molecular weight is 270 g/mol. The van der Waals surface area contributed by atoms with Crippen LogP contribution in [-0.4, -0.2) is 24.8 Å². The van der Waals surface area contributed by atoms with Gasteiger partial charge in [0.25, 0.3) is 0 Å². The Hall–Kier alpha value is -1.06. The largest absolute Gasteiger partial charge is 0.396 e. The van der Waals surface area contributed by atoms with Crippen molar-refractivity contribution in [1.29, 1.82) is 0 Å². The van der Waals surface area contributed by atoms with E-state index < -0.39 is 0 Å². The summed E-state index contributed by atoms with van der Waals surface area (Å²) in [6.07, 6.45) is 4.47. The molecular weight excluding hydrogens is 240 g/mol. The number of nitrogens with zero attached hydrogens (tertiary/aromatic N) is 1. The number of rotatable bonds is 9. The highest BCUT2D eigenvalue weighted by atomic mass is 16.6. The van der Waals surface area contributed by atoms with Crippen molar-refractivity contribution >= 4 is 11.6 Å². The third kappa shape index (κ3) is 10.5. The normalized spacial score (nSPS) is 12.4. The Morgan fingerprint density at radius 3 is 2.47 bits per heavy atom. The van der Waals surface area contributed by atoms with Crippen molar-refractivity contribution in [3.05, 3.63) is 0 Å². The van der Waals surface area contributed by atoms with Crippen molar-refractivity contribution in [2.75, 3.05) is 13.2 Å². The van der Waals surface area contributed by atoms with Gasteiger partial charge in [-0.3, -0.25) is 4.79 Å². The van der Waals surface area contributed by atoms with Gasteiger partial charge < -0.3 is 10.2 Å². The lowest BCUT2D eigenvalue weighted by atomic mass is 9.91. The molecule has 0 aromatic carbocycles. The lowest BCUT2D eigenvalue weighted by molar-refractivity contribution is -0.121. The molecule has 0 unspecified atom stereocenters. The van der Waals surface area contributed by atoms with Crippen LogP contribution in [0.3, 0.4) is 0 Å². The molecule has 0 fully saturated rings. The van der Waals surface area contributed by atoms with Gasteiger partial charge in [0.1, 0.15) is 6.61 Å². The second-order valence-electron chi connectivity index (χ2n) is 5.92. The van der Waals surface area contributed by atoms with Gasteiger partial charge in [-0.1, -0.05) is 32.9 Å². The summed E-state index contributed by atoms with van der Waals surface area (Å²) in [5.41, 5.74) is 1.07. The molecule has 112 valence electrons. The molecule has 0 spiro atoms. The standard InChI is InChI=1S/C15H30N2O2/c1-6-11-16-14(18)10-8-7-9-12-19-17-13(2)15(3,4)5/h6-12H2,1-5H3,(H,16,18)/b17-13-. The van der Waals surface area contributed by atoms with E-state index >= 15 is 0 Å². The number of hydrogen-bond acceptors (Lipinski definition) is 3. The maximum atomic E-state index is 11.3. The fraction of sp³-hybridized carbons (Fsp3) is 0.867. The molecule has 0 aromatic heterocycles. The van der Waals surface area contributed by atoms with E-state index in [-0.39, 0.29) is 11.3 Å². The Morgan fingerprint density at radius 2 is 1.89 bits per heavy atom. The van der Waals surface area contributed by atoms with Crippen LogP contribution in [0.1, 0.15) is 66.7 Å². The van der Waals surface area contributed by atoms with Gasteiger partial charge in [-0.15, -0.1) is 0 Å². The zero-order valence-corrected chi connectivity index (χ0v) is 13.2. The molecule has 0 bridgehead atoms. The zero-order valence-electron chi connectivity index (χ0n) is 13.2. The molecule has 0 aliphatic carbocycles. The first-order valence-electron chi connectivity index (χ1n) is 7.31. The van der Waals surface area contributed by atoms with E-state index in [2.05, 4.69) is 38.2 Å². The van der Waals surface area contributed by atoms with Gasteiger partial charge >= 0.3 is 0 Å². The van der Waals surface area contributed by atoms with Crippen LogP contribution < -0.4 is 5.32 Å². The summed E-state index contributed by atoms with van der Waals surface area (Å²) in [4.78, 5) is 16.6. The Balaban J connectivity index is 3.49. The summed E-state index contributed by atoms with van der Waals surface area (Å²) in [7, 11) is 0. The highest BCUT2D eigenvalue weighted by Gasteiger charge is 2.14. The number of carbonyl (C=O) groups is 1. The molecule has 4 heteroatoms. The van der Waals surface area contributed by atoms with Gasteiger partial charge in [-0.05, 0) is 32.6 Å². The highest BCUT2D eigenvalue weighted by molar-refractivity contribution is 5.86. The minimum Gasteiger partial charge on any atom is -0.396 e. The minimum atomic E-state index is 0.0668. The van der Waals surface area contributed by atoms with Gasteiger partial charge in [0.15, 0.2) is 0 Å². The Morgan fingerprint density at radius 1 is 1.21 bits per heavy atom. The van der Waals surface area contributed by atoms with E-state index in [4.69, 9.17) is 4.84 Å². The number of oxime groups is 1. The van der Waals surface area contributed by atoms with Crippen LogP contribution >= 0.6 is 0 Å². The molecule has 19 heavy (non-hydrogen) atoms. The lowest BCUT2D eigenvalue weighted by Crippen LogP contribution is -2.23. The first-order chi connectivity index (χ1) is 8.88. The van der Waals surface area contributed by atoms with E-state index in [9.17, 15) is 4.79 Å². The van der Waals surface area contributed by atoms with Crippen LogP contribution in [0.4, 0.5) is 0 Å². The molecule has 0 aliphatic heterocycles. The fourth-order valence-electron chi connectivity index (χ4n) is 1.26. The van der Waals surface area contributed by atoms with Gasteiger partial charge in [-0.25, -0.2) is 0 Å². The molecular formula is C15H30N2O2. The molecule has 1 N–H and O–H groups in total. The van der Waals surface area contributed by atoms with Gasteiger partial charge in [0.05, 0.1) is 5.71 Å². The summed E-state index contributed by atoms with van der Waals surface area (Å²) in [6.45, 7) is 11.8. The van der Waals surface area contributed by atoms with Crippen molar-refractivity contribution in [2.45, 2.75) is 66.7 Å². The first-order valence-corrected chi connectivity index (χ1v) is 7.31. The summed E-state index contributed by atoms with van der Waals surface area (Å²) in [5, 5.41) is 6.98. The van der Waals surface area contributed by atoms with Crippen molar-refractivity contribution < 1.29 is 9.63 Å². The van der Waals surface area contributed by atoms with E-state index in [0.29, 0.717) is 13.0 Å². The van der Waals surface area contributed by atoms with Crippen molar-refractivity contribution in [3.8, 4) is 0 Å². The number of unbranched alkanes of at least 4 members (excludes halogenated alkanes) is 2. The van der Waals surface area contributed by atoms with E-state index in [1.165, 1.54) is 0 Å². The third-order valence-corrected chi connectivity index (χ3v) is 3.00. The molecule has 0 aliphatic rings. The monoisotopic (exact) mass is 270 g/mol. The van der Waals surface area contributed by atoms with Crippen molar-refractivity contribution in [1.82, 2.24) is 5.32 Å². The molecule has 0 radical (unpaired) electrons. The van der Waals surface area contributed by atoms with Crippen LogP contribution in [0.2, 0.25) is 0 Å². The van der Waals surface area contributed by atoms with E-state index in [0.717, 1.165) is 37.9 Å². The van der Waals surface area contributed by atoms with Crippen molar-refractivity contribution in [3.63, 3.8) is 0 Å². The maximum absolute atomic E-state index is 11.3. The van der Waals surface area contributed by atoms with Crippen LogP contribution in [0.15, 0.2) is 5.16 Å². The molecule has 0 saturated carbocycles. The smallest absolute Gasteiger partial charge is 0.219 e. The molecule has 0 rings (SSSR count). The SMILES string of the molecule is CCCNC(=O)CCCCCO/N=C(/C)C(C)(C)C. The topological polar surface area (TPSA) is 50.7 Å². The second kappa shape index (κ2) is 9.82. The van der Waals surface area contributed by atoms with Crippen LogP contribution in [-0.2, 0) is 9.63 Å². The maximum Gasteiger partial charge on any atom is 0.219 e. The Bertz CT molecular complexity index is 280. The first kappa shape index (κ1) is 17.9. The van der Waals surface area contributed by atoms with Crippen LogP contribution in [0.5, 0.6) is 0 Å². The molecule has 0 atom stereocenters. The number of nitrogens with one attached hydrogen (secondary N) is 1. The van der Waals surface area contributed by atoms with Gasteiger partial charge in [0.2, 0.25) is 5.91 Å². The number of hydrogen-bond donors (Lipinski definition) is 1. The summed E-state index contributed by atoms with van der Waals surface area (Å²) >= 11 is 0. The minimum absolute atomic E-state index is 0.0668. The average Bonchev–Trinajstić information content (AvgIpc) is 2.33. The summed E-state index contributed by atoms with van der Waals surface area (Å²) in [5.74, 6) is 0.157. The van der Waals surface area contributed by atoms with Crippen LogP contribution in [0, 0.1) is 5.41 Å². The Labute approximate surface area is 118 Å². The predicted octanol–water partition coefficient (Wildman–Crippen LogP) is 3.51. The zero-order chi connectivity index (χ0) is 14.7. The van der Waals surface area contributed by atoms with E-state index in [1.54, 1.807) is 0 Å². The summed E-state index contributed by atoms with van der Waals surface area (Å²) in [6, 6.07) is 0. The number of carbonyl (C=O) groups excluding carboxylic acids is 1. The van der Waals surface area contributed by atoms with Crippen molar-refractivity contribution in [2.24, 2.45) is 10.6 Å². The predicted molar refractivity (Wildman–Crippen MR) is 80.3 cm³/mol. The molecule has 4 nitrogen and oxygen atoms in total. The fourth-order valence-corrected chi connectivity index (χ4v) is 1.26. The van der Waals surface area contributed by atoms with Gasteiger partial charge in [0, 0.05) is 18.4 Å². The molecule has 0 aromatic rings. The lowest BCUT2D eigenvalue weighted by Gasteiger charge is -2.16. The van der Waals surface area contributed by atoms with Gasteiger partial charge in [-0.2, -0.15) is 0 Å². The third-order valence-electron chi connectivity index (χ3n) is 3.00. The van der Waals surface area contributed by atoms with Crippen LogP contribution in [0.25, 0.3) is 0 Å². The molecule has 1 amide bonds. The quantitative estimate of drug-likeness (QED) is 0.396. The van der Waals surface area contributed by atoms with E-state index in [1.807, 2.05) is 6.92 Å². The Kier molecular flexibility index (Phi) is 9.27.